The van der Waals surface area contributed by atoms with E-state index in [-0.39, 0.29) is 23.3 Å². The summed E-state index contributed by atoms with van der Waals surface area (Å²) in [6.45, 7) is 2.64. The number of hydrogen-bond acceptors (Lipinski definition) is 4. The Bertz CT molecular complexity index is 402. The highest BCUT2D eigenvalue weighted by Crippen LogP contribution is 2.19. The minimum atomic E-state index is -2.83. The van der Waals surface area contributed by atoms with E-state index in [0.717, 1.165) is 32.4 Å². The highest BCUT2D eigenvalue weighted by Gasteiger charge is 2.27. The summed E-state index contributed by atoms with van der Waals surface area (Å²) in [5.74, 6) is 1.37. The first-order valence-electron chi connectivity index (χ1n) is 7.23. The summed E-state index contributed by atoms with van der Waals surface area (Å²) in [7, 11) is -2.83. The van der Waals surface area contributed by atoms with E-state index in [9.17, 15) is 13.2 Å². The van der Waals surface area contributed by atoms with Crippen LogP contribution in [0.4, 0.5) is 0 Å². The molecule has 0 aromatic carbocycles. The molecular formula is C13H24N2O3S. The van der Waals surface area contributed by atoms with Crippen molar-refractivity contribution < 1.29 is 13.2 Å². The molecular weight excluding hydrogens is 264 g/mol. The van der Waals surface area contributed by atoms with E-state index >= 15 is 0 Å². The monoisotopic (exact) mass is 288 g/mol. The number of hydrogen-bond donors (Lipinski definition) is 2. The average molecular weight is 288 g/mol. The Kier molecular flexibility index (Phi) is 5.21. The normalized spacial score (nSPS) is 27.3. The summed E-state index contributed by atoms with van der Waals surface area (Å²) in [4.78, 5) is 11.7. The van der Waals surface area contributed by atoms with E-state index in [1.807, 2.05) is 0 Å². The van der Waals surface area contributed by atoms with Crippen LogP contribution in [0.15, 0.2) is 0 Å². The van der Waals surface area contributed by atoms with Crippen molar-refractivity contribution in [2.24, 2.45) is 11.8 Å². The molecule has 0 aliphatic carbocycles. The molecule has 19 heavy (non-hydrogen) atoms. The van der Waals surface area contributed by atoms with Gasteiger partial charge in [0.1, 0.15) is 0 Å². The summed E-state index contributed by atoms with van der Waals surface area (Å²) in [5, 5.41) is 6.20. The summed E-state index contributed by atoms with van der Waals surface area (Å²) in [5.41, 5.74) is 0. The minimum absolute atomic E-state index is 0.0721. The Morgan fingerprint density at radius 3 is 2.53 bits per heavy atom. The fraction of sp³-hybridized carbons (Fsp3) is 0.923. The van der Waals surface area contributed by atoms with E-state index in [0.29, 0.717) is 25.3 Å². The Hall–Kier alpha value is -0.620. The van der Waals surface area contributed by atoms with Crippen molar-refractivity contribution >= 4 is 15.7 Å². The van der Waals surface area contributed by atoms with Crippen LogP contribution in [0.1, 0.15) is 32.1 Å². The predicted octanol–water partition coefficient (Wildman–Crippen LogP) is 0.317. The van der Waals surface area contributed by atoms with Crippen LogP contribution in [-0.2, 0) is 14.6 Å². The van der Waals surface area contributed by atoms with Crippen molar-refractivity contribution in [3.8, 4) is 0 Å². The molecule has 5 nitrogen and oxygen atoms in total. The van der Waals surface area contributed by atoms with Crippen LogP contribution >= 0.6 is 0 Å². The molecule has 2 aliphatic rings. The lowest BCUT2D eigenvalue weighted by Gasteiger charge is -2.22. The lowest BCUT2D eigenvalue weighted by atomic mass is 9.93. The molecule has 0 aromatic rings. The molecule has 2 N–H and O–H groups in total. The van der Waals surface area contributed by atoms with Gasteiger partial charge in [-0.25, -0.2) is 8.42 Å². The summed E-state index contributed by atoms with van der Waals surface area (Å²) in [6, 6.07) is 0. The maximum Gasteiger partial charge on any atom is 0.220 e. The van der Waals surface area contributed by atoms with Gasteiger partial charge in [-0.15, -0.1) is 0 Å². The van der Waals surface area contributed by atoms with E-state index in [1.54, 1.807) is 0 Å². The van der Waals surface area contributed by atoms with Gasteiger partial charge in [0.2, 0.25) is 5.91 Å². The van der Waals surface area contributed by atoms with Crippen molar-refractivity contribution in [2.75, 3.05) is 31.1 Å². The van der Waals surface area contributed by atoms with Crippen LogP contribution in [0.5, 0.6) is 0 Å². The van der Waals surface area contributed by atoms with Gasteiger partial charge >= 0.3 is 0 Å². The first-order valence-corrected chi connectivity index (χ1v) is 9.05. The topological polar surface area (TPSA) is 75.3 Å². The fourth-order valence-corrected chi connectivity index (χ4v) is 4.75. The van der Waals surface area contributed by atoms with Crippen molar-refractivity contribution in [3.05, 3.63) is 0 Å². The van der Waals surface area contributed by atoms with Gasteiger partial charge < -0.3 is 10.6 Å². The SMILES string of the molecule is O=C(CCC1CCNCC1)NCC1CCS(=O)(=O)C1. The van der Waals surface area contributed by atoms with E-state index in [2.05, 4.69) is 10.6 Å². The molecule has 0 radical (unpaired) electrons. The summed E-state index contributed by atoms with van der Waals surface area (Å²) in [6.07, 6.45) is 4.54. The Morgan fingerprint density at radius 1 is 1.16 bits per heavy atom. The van der Waals surface area contributed by atoms with Gasteiger partial charge in [0.05, 0.1) is 11.5 Å². The Labute approximate surface area is 115 Å². The van der Waals surface area contributed by atoms with Gasteiger partial charge in [-0.1, -0.05) is 0 Å². The zero-order valence-electron chi connectivity index (χ0n) is 11.4. The van der Waals surface area contributed by atoms with Gasteiger partial charge in [-0.3, -0.25) is 4.79 Å². The molecule has 2 rings (SSSR count). The van der Waals surface area contributed by atoms with Crippen molar-refractivity contribution in [1.82, 2.24) is 10.6 Å². The lowest BCUT2D eigenvalue weighted by molar-refractivity contribution is -0.121. The molecule has 1 atom stereocenters. The zero-order valence-corrected chi connectivity index (χ0v) is 12.2. The van der Waals surface area contributed by atoms with Gasteiger partial charge in [0.15, 0.2) is 9.84 Å². The van der Waals surface area contributed by atoms with Crippen LogP contribution < -0.4 is 10.6 Å². The molecule has 2 fully saturated rings. The summed E-state index contributed by atoms with van der Waals surface area (Å²) < 4.78 is 22.6. The number of carbonyl (C=O) groups excluding carboxylic acids is 1. The number of amides is 1. The molecule has 110 valence electrons. The molecule has 0 saturated carbocycles. The van der Waals surface area contributed by atoms with Crippen LogP contribution in [0, 0.1) is 11.8 Å². The number of sulfone groups is 1. The van der Waals surface area contributed by atoms with Crippen LogP contribution in [0.25, 0.3) is 0 Å². The molecule has 2 aliphatic heterocycles. The smallest absolute Gasteiger partial charge is 0.220 e. The van der Waals surface area contributed by atoms with E-state index in [4.69, 9.17) is 0 Å². The summed E-state index contributed by atoms with van der Waals surface area (Å²) >= 11 is 0. The Balaban J connectivity index is 1.59. The van der Waals surface area contributed by atoms with Crippen LogP contribution in [0.2, 0.25) is 0 Å². The third kappa shape index (κ3) is 5.10. The largest absolute Gasteiger partial charge is 0.356 e. The number of carbonyl (C=O) groups is 1. The Morgan fingerprint density at radius 2 is 1.89 bits per heavy atom. The maximum absolute atomic E-state index is 11.7. The van der Waals surface area contributed by atoms with Crippen LogP contribution in [-0.4, -0.2) is 45.5 Å². The quantitative estimate of drug-likeness (QED) is 0.764. The average Bonchev–Trinajstić information content (AvgIpc) is 2.75. The van der Waals surface area contributed by atoms with Gasteiger partial charge in [-0.05, 0) is 50.6 Å². The first kappa shape index (κ1) is 14.8. The molecule has 2 saturated heterocycles. The minimum Gasteiger partial charge on any atom is -0.356 e. The second kappa shape index (κ2) is 6.70. The molecule has 2 heterocycles. The molecule has 0 aromatic heterocycles. The predicted molar refractivity (Wildman–Crippen MR) is 74.6 cm³/mol. The van der Waals surface area contributed by atoms with Crippen molar-refractivity contribution in [1.29, 1.82) is 0 Å². The maximum atomic E-state index is 11.7. The fourth-order valence-electron chi connectivity index (χ4n) is 2.89. The second-order valence-electron chi connectivity index (χ2n) is 5.81. The van der Waals surface area contributed by atoms with E-state index < -0.39 is 9.84 Å². The number of piperidine rings is 1. The second-order valence-corrected chi connectivity index (χ2v) is 8.03. The lowest BCUT2D eigenvalue weighted by Crippen LogP contribution is -2.31. The highest BCUT2D eigenvalue weighted by atomic mass is 32.2. The molecule has 0 spiro atoms. The molecule has 0 bridgehead atoms. The standard InChI is InChI=1S/C13H24N2O3S/c16-13(2-1-11-3-6-14-7-4-11)15-9-12-5-8-19(17,18)10-12/h11-12,14H,1-10H2,(H,15,16). The number of rotatable bonds is 5. The molecule has 6 heteroatoms. The first-order chi connectivity index (χ1) is 9.05. The zero-order chi connectivity index (χ0) is 13.7. The van der Waals surface area contributed by atoms with Gasteiger partial charge in [0, 0.05) is 13.0 Å². The van der Waals surface area contributed by atoms with Gasteiger partial charge in [0.25, 0.3) is 0 Å². The van der Waals surface area contributed by atoms with Crippen molar-refractivity contribution in [3.63, 3.8) is 0 Å². The third-order valence-corrected chi connectivity index (χ3v) is 5.99. The van der Waals surface area contributed by atoms with Crippen LogP contribution in [0.3, 0.4) is 0 Å². The van der Waals surface area contributed by atoms with Crippen molar-refractivity contribution in [2.45, 2.75) is 32.1 Å². The third-order valence-electron chi connectivity index (χ3n) is 4.15. The molecule has 1 amide bonds. The highest BCUT2D eigenvalue weighted by molar-refractivity contribution is 7.91. The van der Waals surface area contributed by atoms with E-state index in [1.165, 1.54) is 0 Å². The number of nitrogens with one attached hydrogen (secondary N) is 2. The molecule has 1 unspecified atom stereocenters. The van der Waals surface area contributed by atoms with Gasteiger partial charge in [-0.2, -0.15) is 0 Å².